The first-order chi connectivity index (χ1) is 12.0. The van der Waals surface area contributed by atoms with Crippen LogP contribution in [-0.4, -0.2) is 45.5 Å². The topological polar surface area (TPSA) is 139 Å². The van der Waals surface area contributed by atoms with Crippen LogP contribution in [0.2, 0.25) is 0 Å². The molecule has 26 heavy (non-hydrogen) atoms. The summed E-state index contributed by atoms with van der Waals surface area (Å²) in [5.74, 6) is -2.60. The van der Waals surface area contributed by atoms with Crippen LogP contribution in [0.1, 0.15) is 31.1 Å². The van der Waals surface area contributed by atoms with E-state index in [1.54, 1.807) is 30.3 Å². The van der Waals surface area contributed by atoms with Gasteiger partial charge in [0.1, 0.15) is 0 Å². The summed E-state index contributed by atoms with van der Waals surface area (Å²) >= 11 is 0.643. The average molecular weight is 384 g/mol. The Kier molecular flexibility index (Phi) is 7.28. The molecule has 0 heterocycles. The molecule has 0 aromatic heterocycles. The molecule has 0 radical (unpaired) electrons. The predicted octanol–water partition coefficient (Wildman–Crippen LogP) is 1.38. The lowest BCUT2D eigenvalue weighted by Gasteiger charge is -2.31. The van der Waals surface area contributed by atoms with Crippen LogP contribution < -0.4 is 5.73 Å². The minimum Gasteiger partial charge on any atom is -0.464 e. The summed E-state index contributed by atoms with van der Waals surface area (Å²) in [6.45, 7) is 3.69. The standard InChI is InChI=1S/C16H20N2O7S/c1-4-24-14(21)16(17,13(20)15(2,3)25-18(22)23)10-26-12(19)11-8-6-5-7-9-11/h5-9H,4,10,17H2,1-3H3. The number of carbonyl (C=O) groups excluding carboxylic acids is 3. The van der Waals surface area contributed by atoms with E-state index in [4.69, 9.17) is 10.5 Å². The monoisotopic (exact) mass is 384 g/mol. The number of hydrogen-bond acceptors (Lipinski definition) is 9. The molecule has 1 aromatic rings. The van der Waals surface area contributed by atoms with Gasteiger partial charge in [-0.3, -0.25) is 14.4 Å². The highest BCUT2D eigenvalue weighted by Crippen LogP contribution is 2.25. The molecule has 1 unspecified atom stereocenters. The van der Waals surface area contributed by atoms with Crippen molar-refractivity contribution in [3.8, 4) is 0 Å². The molecule has 10 heteroatoms. The quantitative estimate of drug-likeness (QED) is 0.289. The third kappa shape index (κ3) is 5.27. The van der Waals surface area contributed by atoms with Crippen LogP contribution in [0.3, 0.4) is 0 Å². The molecule has 1 rings (SSSR count). The van der Waals surface area contributed by atoms with Crippen LogP contribution in [0.15, 0.2) is 30.3 Å². The Morgan fingerprint density at radius 3 is 2.31 bits per heavy atom. The molecule has 0 aliphatic carbocycles. The van der Waals surface area contributed by atoms with Crippen LogP contribution in [0.25, 0.3) is 0 Å². The van der Waals surface area contributed by atoms with E-state index in [9.17, 15) is 24.5 Å². The van der Waals surface area contributed by atoms with Gasteiger partial charge in [-0.1, -0.05) is 42.1 Å². The SMILES string of the molecule is CCOC(=O)C(N)(CSC(=O)c1ccccc1)C(=O)C(C)(C)O[N+](=O)[O-]. The number of esters is 1. The van der Waals surface area contributed by atoms with Crippen LogP contribution in [0, 0.1) is 10.1 Å². The molecule has 9 nitrogen and oxygen atoms in total. The Balaban J connectivity index is 3.06. The van der Waals surface area contributed by atoms with E-state index in [2.05, 4.69) is 4.84 Å². The van der Waals surface area contributed by atoms with E-state index in [0.717, 1.165) is 13.8 Å². The summed E-state index contributed by atoms with van der Waals surface area (Å²) in [5.41, 5.74) is 2.03. The van der Waals surface area contributed by atoms with Gasteiger partial charge in [-0.15, -0.1) is 10.1 Å². The molecule has 0 fully saturated rings. The Morgan fingerprint density at radius 2 is 1.81 bits per heavy atom. The van der Waals surface area contributed by atoms with Gasteiger partial charge in [-0.05, 0) is 20.8 Å². The summed E-state index contributed by atoms with van der Waals surface area (Å²) < 4.78 is 4.83. The second-order valence-corrected chi connectivity index (χ2v) is 6.74. The number of Topliss-reactive ketones (excluding diaryl/α,β-unsaturated/α-hetero) is 1. The van der Waals surface area contributed by atoms with Gasteiger partial charge in [0, 0.05) is 11.3 Å². The summed E-state index contributed by atoms with van der Waals surface area (Å²) in [6.07, 6.45) is 0. The number of hydrogen-bond donors (Lipinski definition) is 1. The maximum atomic E-state index is 12.7. The molecule has 0 spiro atoms. The molecule has 1 atom stereocenters. The van der Waals surface area contributed by atoms with E-state index in [0.29, 0.717) is 17.3 Å². The Bertz CT molecular complexity index is 693. The Hall–Kier alpha value is -2.46. The van der Waals surface area contributed by atoms with Crippen molar-refractivity contribution in [2.24, 2.45) is 5.73 Å². The molecule has 2 N–H and O–H groups in total. The second kappa shape index (κ2) is 8.77. The van der Waals surface area contributed by atoms with Crippen molar-refractivity contribution in [3.05, 3.63) is 46.0 Å². The largest absolute Gasteiger partial charge is 0.464 e. The highest BCUT2D eigenvalue weighted by atomic mass is 32.2. The zero-order valence-corrected chi connectivity index (χ0v) is 15.4. The molecule has 142 valence electrons. The lowest BCUT2D eigenvalue weighted by Crippen LogP contribution is -2.64. The van der Waals surface area contributed by atoms with Gasteiger partial charge in [-0.25, -0.2) is 4.79 Å². The second-order valence-electron chi connectivity index (χ2n) is 5.79. The number of thioether (sulfide) groups is 1. The molecule has 0 saturated heterocycles. The van der Waals surface area contributed by atoms with Gasteiger partial charge >= 0.3 is 5.97 Å². The zero-order valence-electron chi connectivity index (χ0n) is 14.6. The lowest BCUT2D eigenvalue weighted by atomic mass is 9.86. The molecule has 0 aliphatic rings. The summed E-state index contributed by atoms with van der Waals surface area (Å²) in [4.78, 5) is 52.2. The smallest absolute Gasteiger partial charge is 0.334 e. The third-order valence-corrected chi connectivity index (χ3v) is 4.43. The summed E-state index contributed by atoms with van der Waals surface area (Å²) in [6, 6.07) is 8.19. The number of nitrogens with zero attached hydrogens (tertiary/aromatic N) is 1. The minimum absolute atomic E-state index is 0.0567. The molecular weight excluding hydrogens is 364 g/mol. The first-order valence-electron chi connectivity index (χ1n) is 7.61. The molecule has 0 bridgehead atoms. The normalized spacial score (nSPS) is 13.4. The summed E-state index contributed by atoms with van der Waals surface area (Å²) in [7, 11) is 0. The highest BCUT2D eigenvalue weighted by molar-refractivity contribution is 8.14. The van der Waals surface area contributed by atoms with Gasteiger partial charge in [-0.2, -0.15) is 0 Å². The van der Waals surface area contributed by atoms with Crippen molar-refractivity contribution in [2.75, 3.05) is 12.4 Å². The van der Waals surface area contributed by atoms with Crippen molar-refractivity contribution in [3.63, 3.8) is 0 Å². The van der Waals surface area contributed by atoms with E-state index in [-0.39, 0.29) is 6.61 Å². The van der Waals surface area contributed by atoms with Gasteiger partial charge in [0.15, 0.2) is 16.9 Å². The maximum absolute atomic E-state index is 12.7. The van der Waals surface area contributed by atoms with Crippen molar-refractivity contribution < 1.29 is 29.0 Å². The lowest BCUT2D eigenvalue weighted by molar-refractivity contribution is -0.774. The first-order valence-corrected chi connectivity index (χ1v) is 8.60. The van der Waals surface area contributed by atoms with E-state index >= 15 is 0 Å². The number of ether oxygens (including phenoxy) is 1. The highest BCUT2D eigenvalue weighted by Gasteiger charge is 2.52. The number of ketones is 1. The van der Waals surface area contributed by atoms with Crippen LogP contribution in [0.4, 0.5) is 0 Å². The molecule has 1 aromatic carbocycles. The number of nitrogens with two attached hydrogens (primary N) is 1. The van der Waals surface area contributed by atoms with Gasteiger partial charge < -0.3 is 10.5 Å². The fourth-order valence-corrected chi connectivity index (χ4v) is 2.99. The fraction of sp³-hybridized carbons (Fsp3) is 0.438. The zero-order chi connectivity index (χ0) is 20.0. The maximum Gasteiger partial charge on any atom is 0.334 e. The van der Waals surface area contributed by atoms with Crippen LogP contribution in [-0.2, 0) is 19.2 Å². The van der Waals surface area contributed by atoms with E-state index < -0.39 is 38.8 Å². The molecular formula is C16H20N2O7S. The average Bonchev–Trinajstić information content (AvgIpc) is 2.58. The van der Waals surface area contributed by atoms with Crippen molar-refractivity contribution in [1.82, 2.24) is 0 Å². The fourth-order valence-electron chi connectivity index (χ4n) is 2.08. The van der Waals surface area contributed by atoms with Crippen molar-refractivity contribution in [1.29, 1.82) is 0 Å². The Labute approximate surface area is 154 Å². The van der Waals surface area contributed by atoms with E-state index in [1.165, 1.54) is 6.92 Å². The number of benzene rings is 1. The Morgan fingerprint density at radius 1 is 1.23 bits per heavy atom. The number of carbonyl (C=O) groups is 3. The molecule has 0 amide bonds. The predicted molar refractivity (Wildman–Crippen MR) is 93.9 cm³/mol. The van der Waals surface area contributed by atoms with Crippen LogP contribution >= 0.6 is 11.8 Å². The van der Waals surface area contributed by atoms with Crippen LogP contribution in [0.5, 0.6) is 0 Å². The van der Waals surface area contributed by atoms with Gasteiger partial charge in [0.2, 0.25) is 5.12 Å². The van der Waals surface area contributed by atoms with Crippen molar-refractivity contribution >= 4 is 28.6 Å². The van der Waals surface area contributed by atoms with Crippen molar-refractivity contribution in [2.45, 2.75) is 31.9 Å². The first kappa shape index (κ1) is 21.6. The number of rotatable bonds is 9. The third-order valence-electron chi connectivity index (χ3n) is 3.33. The van der Waals surface area contributed by atoms with Gasteiger partial charge in [0.05, 0.1) is 6.61 Å². The minimum atomic E-state index is -2.29. The van der Waals surface area contributed by atoms with E-state index in [1.807, 2.05) is 0 Å². The molecule has 0 aliphatic heterocycles. The molecule has 0 saturated carbocycles. The van der Waals surface area contributed by atoms with Gasteiger partial charge in [0.25, 0.3) is 5.09 Å². The summed E-state index contributed by atoms with van der Waals surface area (Å²) in [5, 5.41) is 9.05.